The minimum Gasteiger partial charge on any atom is -0.377 e. The van der Waals surface area contributed by atoms with E-state index in [-0.39, 0.29) is 0 Å². The van der Waals surface area contributed by atoms with E-state index >= 15 is 0 Å². The van der Waals surface area contributed by atoms with E-state index in [2.05, 4.69) is 19.2 Å². The molecule has 0 aliphatic heterocycles. The van der Waals surface area contributed by atoms with Crippen LogP contribution in [0, 0.1) is 5.92 Å². The van der Waals surface area contributed by atoms with Crippen LogP contribution < -0.4 is 5.32 Å². The Balaban J connectivity index is 1.97. The molecule has 2 nitrogen and oxygen atoms in total. The Hall–Kier alpha value is -0.0800. The van der Waals surface area contributed by atoms with Crippen molar-refractivity contribution in [3.63, 3.8) is 0 Å². The lowest BCUT2D eigenvalue weighted by molar-refractivity contribution is 0.0421. The molecule has 1 aliphatic carbocycles. The lowest BCUT2D eigenvalue weighted by Crippen LogP contribution is -2.27. The van der Waals surface area contributed by atoms with Crippen LogP contribution in [0.25, 0.3) is 0 Å². The molecule has 0 amide bonds. The molecule has 0 aromatic heterocycles. The molecular weight excluding hydrogens is 162 g/mol. The zero-order chi connectivity index (χ0) is 9.52. The van der Waals surface area contributed by atoms with Gasteiger partial charge in [-0.1, -0.05) is 19.8 Å². The summed E-state index contributed by atoms with van der Waals surface area (Å²) in [5.41, 5.74) is 0. The molecule has 0 radical (unpaired) electrons. The minimum atomic E-state index is 0.376. The van der Waals surface area contributed by atoms with Crippen molar-refractivity contribution in [2.24, 2.45) is 5.92 Å². The van der Waals surface area contributed by atoms with Crippen LogP contribution in [0.2, 0.25) is 0 Å². The quantitative estimate of drug-likeness (QED) is 0.685. The molecule has 1 atom stereocenters. The standard InChI is InChI=1S/C11H23NO/c1-3-12-8-10(2)13-9-11-6-4-5-7-11/h10-12H,3-9H2,1-2H3. The van der Waals surface area contributed by atoms with Gasteiger partial charge in [0, 0.05) is 13.2 Å². The maximum atomic E-state index is 5.77. The second kappa shape index (κ2) is 6.39. The van der Waals surface area contributed by atoms with E-state index in [1.165, 1.54) is 25.7 Å². The lowest BCUT2D eigenvalue weighted by atomic mass is 10.1. The zero-order valence-corrected chi connectivity index (χ0v) is 9.01. The Morgan fingerprint density at radius 1 is 1.38 bits per heavy atom. The molecule has 0 bridgehead atoms. The van der Waals surface area contributed by atoms with E-state index in [9.17, 15) is 0 Å². The molecule has 1 aliphatic rings. The highest BCUT2D eigenvalue weighted by atomic mass is 16.5. The Kier molecular flexibility index (Phi) is 5.40. The predicted molar refractivity (Wildman–Crippen MR) is 55.9 cm³/mol. The van der Waals surface area contributed by atoms with Gasteiger partial charge in [-0.3, -0.25) is 0 Å². The number of rotatable bonds is 6. The summed E-state index contributed by atoms with van der Waals surface area (Å²) in [6.07, 6.45) is 5.97. The number of ether oxygens (including phenoxy) is 1. The third-order valence-corrected chi connectivity index (χ3v) is 2.77. The molecule has 2 heteroatoms. The van der Waals surface area contributed by atoms with Crippen molar-refractivity contribution in [3.8, 4) is 0 Å². The third-order valence-electron chi connectivity index (χ3n) is 2.77. The van der Waals surface area contributed by atoms with Crippen LogP contribution in [0.3, 0.4) is 0 Å². The van der Waals surface area contributed by atoms with Gasteiger partial charge in [-0.05, 0) is 32.2 Å². The van der Waals surface area contributed by atoms with Gasteiger partial charge in [-0.15, -0.1) is 0 Å². The molecule has 1 unspecified atom stereocenters. The van der Waals surface area contributed by atoms with E-state index in [1.807, 2.05) is 0 Å². The van der Waals surface area contributed by atoms with Crippen LogP contribution in [0.1, 0.15) is 39.5 Å². The number of nitrogens with one attached hydrogen (secondary N) is 1. The predicted octanol–water partition coefficient (Wildman–Crippen LogP) is 2.19. The van der Waals surface area contributed by atoms with Crippen LogP contribution >= 0.6 is 0 Å². The van der Waals surface area contributed by atoms with Crippen molar-refractivity contribution in [1.82, 2.24) is 5.32 Å². The van der Waals surface area contributed by atoms with E-state index in [0.29, 0.717) is 6.10 Å². The Morgan fingerprint density at radius 3 is 2.69 bits per heavy atom. The number of hydrogen-bond acceptors (Lipinski definition) is 2. The molecule has 1 N–H and O–H groups in total. The molecule has 0 aromatic rings. The summed E-state index contributed by atoms with van der Waals surface area (Å²) in [5, 5.41) is 3.30. The molecule has 13 heavy (non-hydrogen) atoms. The second-order valence-electron chi connectivity index (χ2n) is 4.10. The van der Waals surface area contributed by atoms with Gasteiger partial charge in [0.2, 0.25) is 0 Å². The van der Waals surface area contributed by atoms with Gasteiger partial charge in [-0.2, -0.15) is 0 Å². The summed E-state index contributed by atoms with van der Waals surface area (Å²) in [5.74, 6) is 0.851. The first kappa shape index (κ1) is 11.0. The van der Waals surface area contributed by atoms with Crippen molar-refractivity contribution in [2.75, 3.05) is 19.7 Å². The summed E-state index contributed by atoms with van der Waals surface area (Å²) in [6.45, 7) is 7.29. The van der Waals surface area contributed by atoms with Crippen molar-refractivity contribution >= 4 is 0 Å². The highest BCUT2D eigenvalue weighted by Gasteiger charge is 2.15. The van der Waals surface area contributed by atoms with Crippen LogP contribution in [0.4, 0.5) is 0 Å². The lowest BCUT2D eigenvalue weighted by Gasteiger charge is -2.16. The third kappa shape index (κ3) is 4.63. The molecule has 78 valence electrons. The topological polar surface area (TPSA) is 21.3 Å². The van der Waals surface area contributed by atoms with E-state index < -0.39 is 0 Å². The smallest absolute Gasteiger partial charge is 0.0671 e. The van der Waals surface area contributed by atoms with Gasteiger partial charge in [0.25, 0.3) is 0 Å². The highest BCUT2D eigenvalue weighted by Crippen LogP contribution is 2.24. The van der Waals surface area contributed by atoms with Crippen LogP contribution in [-0.2, 0) is 4.74 Å². The molecule has 0 saturated heterocycles. The van der Waals surface area contributed by atoms with Crippen LogP contribution in [0.5, 0.6) is 0 Å². The zero-order valence-electron chi connectivity index (χ0n) is 9.01. The van der Waals surface area contributed by atoms with Crippen molar-refractivity contribution in [2.45, 2.75) is 45.6 Å². The Bertz CT molecular complexity index is 121. The maximum Gasteiger partial charge on any atom is 0.0671 e. The van der Waals surface area contributed by atoms with Crippen LogP contribution in [0.15, 0.2) is 0 Å². The second-order valence-corrected chi connectivity index (χ2v) is 4.10. The van der Waals surface area contributed by atoms with Gasteiger partial charge in [-0.25, -0.2) is 0 Å². The fourth-order valence-corrected chi connectivity index (χ4v) is 1.88. The summed E-state index contributed by atoms with van der Waals surface area (Å²) >= 11 is 0. The van der Waals surface area contributed by atoms with Gasteiger partial charge in [0.15, 0.2) is 0 Å². The first-order valence-corrected chi connectivity index (χ1v) is 5.65. The first-order chi connectivity index (χ1) is 6.33. The van der Waals surface area contributed by atoms with E-state index in [4.69, 9.17) is 4.74 Å². The SMILES string of the molecule is CCNCC(C)OCC1CCCC1. The van der Waals surface area contributed by atoms with E-state index in [0.717, 1.165) is 25.6 Å². The molecule has 1 rings (SSSR count). The monoisotopic (exact) mass is 185 g/mol. The minimum absolute atomic E-state index is 0.376. The Morgan fingerprint density at radius 2 is 2.08 bits per heavy atom. The number of hydrogen-bond donors (Lipinski definition) is 1. The summed E-state index contributed by atoms with van der Waals surface area (Å²) in [7, 11) is 0. The average molecular weight is 185 g/mol. The summed E-state index contributed by atoms with van der Waals surface area (Å²) in [4.78, 5) is 0. The van der Waals surface area contributed by atoms with Crippen molar-refractivity contribution in [3.05, 3.63) is 0 Å². The molecule has 0 heterocycles. The molecule has 0 aromatic carbocycles. The fourth-order valence-electron chi connectivity index (χ4n) is 1.88. The number of likely N-dealkylation sites (N-methyl/N-ethyl adjacent to an activating group) is 1. The van der Waals surface area contributed by atoms with Gasteiger partial charge in [0.05, 0.1) is 6.10 Å². The Labute approximate surface area is 82.0 Å². The van der Waals surface area contributed by atoms with Crippen molar-refractivity contribution < 1.29 is 4.74 Å². The molecule has 0 spiro atoms. The molecular formula is C11H23NO. The van der Waals surface area contributed by atoms with Crippen LogP contribution in [-0.4, -0.2) is 25.8 Å². The summed E-state index contributed by atoms with van der Waals surface area (Å²) < 4.78 is 5.77. The normalized spacial score (nSPS) is 20.8. The largest absolute Gasteiger partial charge is 0.377 e. The van der Waals surface area contributed by atoms with Crippen molar-refractivity contribution in [1.29, 1.82) is 0 Å². The van der Waals surface area contributed by atoms with E-state index in [1.54, 1.807) is 0 Å². The maximum absolute atomic E-state index is 5.77. The van der Waals surface area contributed by atoms with Gasteiger partial charge >= 0.3 is 0 Å². The summed E-state index contributed by atoms with van der Waals surface area (Å²) in [6, 6.07) is 0. The first-order valence-electron chi connectivity index (χ1n) is 5.65. The molecule has 1 fully saturated rings. The van der Waals surface area contributed by atoms with Gasteiger partial charge < -0.3 is 10.1 Å². The van der Waals surface area contributed by atoms with Gasteiger partial charge in [0.1, 0.15) is 0 Å². The fraction of sp³-hybridized carbons (Fsp3) is 1.00. The highest BCUT2D eigenvalue weighted by molar-refractivity contribution is 4.67. The molecule has 1 saturated carbocycles. The average Bonchev–Trinajstić information content (AvgIpc) is 2.64.